The maximum atomic E-state index is 12.5. The molecule has 1 unspecified atom stereocenters. The molecule has 2 rings (SSSR count). The first kappa shape index (κ1) is 15.6. The summed E-state index contributed by atoms with van der Waals surface area (Å²) in [5.41, 5.74) is 1.50. The third-order valence-electron chi connectivity index (χ3n) is 3.35. The Hall–Kier alpha value is -1.82. The van der Waals surface area contributed by atoms with Gasteiger partial charge in [0.25, 0.3) is 5.91 Å². The van der Waals surface area contributed by atoms with E-state index in [4.69, 9.17) is 0 Å². The number of carbonyl (C=O) groups excluding carboxylic acids is 1. The molecule has 1 amide bonds. The van der Waals surface area contributed by atoms with E-state index in [1.807, 2.05) is 44.5 Å². The Morgan fingerprint density at radius 1 is 1.48 bits per heavy atom. The first-order valence-electron chi connectivity index (χ1n) is 6.78. The Kier molecular flexibility index (Phi) is 5.01. The van der Waals surface area contributed by atoms with Gasteiger partial charge in [-0.1, -0.05) is 12.1 Å². The summed E-state index contributed by atoms with van der Waals surface area (Å²) in [6, 6.07) is 7.63. The SMILES string of the molecule is CSCC(C)N(C)C(=O)c1cccc(-c2n[nH]c(C)n2)c1. The number of amides is 1. The van der Waals surface area contributed by atoms with Gasteiger partial charge in [0.15, 0.2) is 5.82 Å². The third kappa shape index (κ3) is 3.64. The Morgan fingerprint density at radius 2 is 2.24 bits per heavy atom. The van der Waals surface area contributed by atoms with Gasteiger partial charge in [-0.25, -0.2) is 4.98 Å². The molecular formula is C15H20N4OS. The summed E-state index contributed by atoms with van der Waals surface area (Å²) in [5.74, 6) is 2.31. The van der Waals surface area contributed by atoms with Crippen molar-refractivity contribution in [3.63, 3.8) is 0 Å². The second kappa shape index (κ2) is 6.76. The molecule has 0 saturated carbocycles. The molecule has 1 aromatic carbocycles. The van der Waals surface area contributed by atoms with Gasteiger partial charge < -0.3 is 4.90 Å². The molecule has 2 aromatic rings. The van der Waals surface area contributed by atoms with Crippen LogP contribution in [0.2, 0.25) is 0 Å². The van der Waals surface area contributed by atoms with Gasteiger partial charge in [-0.05, 0) is 32.2 Å². The van der Waals surface area contributed by atoms with Gasteiger partial charge in [0, 0.05) is 30.0 Å². The Labute approximate surface area is 129 Å². The van der Waals surface area contributed by atoms with Crippen LogP contribution in [-0.2, 0) is 0 Å². The van der Waals surface area contributed by atoms with Crippen molar-refractivity contribution in [3.8, 4) is 11.4 Å². The Bertz CT molecular complexity index is 626. The number of aromatic amines is 1. The van der Waals surface area contributed by atoms with Crippen LogP contribution in [0.3, 0.4) is 0 Å². The van der Waals surface area contributed by atoms with E-state index in [9.17, 15) is 4.79 Å². The number of nitrogens with one attached hydrogen (secondary N) is 1. The first-order valence-corrected chi connectivity index (χ1v) is 8.18. The van der Waals surface area contributed by atoms with Crippen LogP contribution in [0, 0.1) is 6.92 Å². The molecule has 5 nitrogen and oxygen atoms in total. The average Bonchev–Trinajstić information content (AvgIpc) is 2.92. The maximum absolute atomic E-state index is 12.5. The summed E-state index contributed by atoms with van der Waals surface area (Å²) >= 11 is 1.74. The van der Waals surface area contributed by atoms with Gasteiger partial charge in [0.2, 0.25) is 0 Å². The summed E-state index contributed by atoms with van der Waals surface area (Å²) in [7, 11) is 1.84. The number of hydrogen-bond acceptors (Lipinski definition) is 4. The predicted octanol–water partition coefficient (Wildman–Crippen LogP) is 2.60. The highest BCUT2D eigenvalue weighted by Gasteiger charge is 2.18. The van der Waals surface area contributed by atoms with Crippen molar-refractivity contribution in [2.75, 3.05) is 19.1 Å². The normalized spacial score (nSPS) is 12.2. The molecule has 1 N–H and O–H groups in total. The Morgan fingerprint density at radius 3 is 2.86 bits per heavy atom. The van der Waals surface area contributed by atoms with Crippen LogP contribution in [0.15, 0.2) is 24.3 Å². The molecular weight excluding hydrogens is 284 g/mol. The molecule has 6 heteroatoms. The van der Waals surface area contributed by atoms with Crippen LogP contribution in [0.1, 0.15) is 23.1 Å². The number of H-pyrrole nitrogens is 1. The molecule has 0 radical (unpaired) electrons. The minimum atomic E-state index is 0.0191. The van der Waals surface area contributed by atoms with Crippen molar-refractivity contribution < 1.29 is 4.79 Å². The number of hydrogen-bond donors (Lipinski definition) is 1. The molecule has 0 aliphatic carbocycles. The second-order valence-electron chi connectivity index (χ2n) is 5.05. The number of nitrogens with zero attached hydrogens (tertiary/aromatic N) is 3. The van der Waals surface area contributed by atoms with E-state index in [0.717, 1.165) is 17.1 Å². The lowest BCUT2D eigenvalue weighted by Crippen LogP contribution is -2.36. The van der Waals surface area contributed by atoms with Crippen LogP contribution < -0.4 is 0 Å². The fourth-order valence-electron chi connectivity index (χ4n) is 2.02. The lowest BCUT2D eigenvalue weighted by molar-refractivity contribution is 0.0757. The standard InChI is InChI=1S/C15H20N4OS/c1-10(9-21-4)19(3)15(20)13-7-5-6-12(8-13)14-16-11(2)17-18-14/h5-8,10H,9H2,1-4H3,(H,16,17,18). The summed E-state index contributed by atoms with van der Waals surface area (Å²) in [6.45, 7) is 3.90. The number of aryl methyl sites for hydroxylation is 1. The molecule has 112 valence electrons. The summed E-state index contributed by atoms with van der Waals surface area (Å²) in [4.78, 5) is 18.6. The molecule has 1 aromatic heterocycles. The zero-order valence-electron chi connectivity index (χ0n) is 12.8. The summed E-state index contributed by atoms with van der Waals surface area (Å²) < 4.78 is 0. The van der Waals surface area contributed by atoms with Gasteiger partial charge in [-0.2, -0.15) is 16.9 Å². The van der Waals surface area contributed by atoms with Crippen LogP contribution in [0.25, 0.3) is 11.4 Å². The molecule has 0 saturated heterocycles. The highest BCUT2D eigenvalue weighted by Crippen LogP contribution is 2.18. The zero-order valence-corrected chi connectivity index (χ0v) is 13.6. The molecule has 0 aliphatic rings. The minimum absolute atomic E-state index is 0.0191. The number of benzene rings is 1. The number of thioether (sulfide) groups is 1. The summed E-state index contributed by atoms with van der Waals surface area (Å²) in [6.07, 6.45) is 2.04. The van der Waals surface area contributed by atoms with E-state index in [1.54, 1.807) is 16.7 Å². The molecule has 1 heterocycles. The lowest BCUT2D eigenvalue weighted by Gasteiger charge is -2.24. The second-order valence-corrected chi connectivity index (χ2v) is 5.96. The van der Waals surface area contributed by atoms with Crippen molar-refractivity contribution in [2.24, 2.45) is 0 Å². The predicted molar refractivity (Wildman–Crippen MR) is 86.5 cm³/mol. The van der Waals surface area contributed by atoms with Crippen LogP contribution in [0.5, 0.6) is 0 Å². The summed E-state index contributed by atoms with van der Waals surface area (Å²) in [5, 5.41) is 6.95. The number of carbonyl (C=O) groups is 1. The fraction of sp³-hybridized carbons (Fsp3) is 0.400. The molecule has 1 atom stereocenters. The molecule has 0 aliphatic heterocycles. The minimum Gasteiger partial charge on any atom is -0.338 e. The topological polar surface area (TPSA) is 61.9 Å². The maximum Gasteiger partial charge on any atom is 0.253 e. The molecule has 21 heavy (non-hydrogen) atoms. The van der Waals surface area contributed by atoms with E-state index in [1.165, 1.54) is 0 Å². The highest BCUT2D eigenvalue weighted by atomic mass is 32.2. The van der Waals surface area contributed by atoms with Gasteiger partial charge in [0.1, 0.15) is 5.82 Å². The molecule has 0 bridgehead atoms. The number of rotatable bonds is 5. The third-order valence-corrected chi connectivity index (χ3v) is 4.17. The van der Waals surface area contributed by atoms with Gasteiger partial charge in [-0.3, -0.25) is 9.89 Å². The van der Waals surface area contributed by atoms with Gasteiger partial charge >= 0.3 is 0 Å². The van der Waals surface area contributed by atoms with Crippen molar-refractivity contribution in [1.29, 1.82) is 0 Å². The van der Waals surface area contributed by atoms with Crippen LogP contribution in [-0.4, -0.2) is 51.1 Å². The molecule has 0 spiro atoms. The highest BCUT2D eigenvalue weighted by molar-refractivity contribution is 7.98. The molecule has 0 fully saturated rings. The average molecular weight is 304 g/mol. The first-order chi connectivity index (χ1) is 10.0. The zero-order chi connectivity index (χ0) is 15.4. The van der Waals surface area contributed by atoms with Gasteiger partial charge in [-0.15, -0.1) is 0 Å². The fourth-order valence-corrected chi connectivity index (χ4v) is 2.73. The van der Waals surface area contributed by atoms with Crippen LogP contribution >= 0.6 is 11.8 Å². The van der Waals surface area contributed by atoms with E-state index in [0.29, 0.717) is 11.4 Å². The van der Waals surface area contributed by atoms with Crippen molar-refractivity contribution in [2.45, 2.75) is 19.9 Å². The number of aromatic nitrogens is 3. The van der Waals surface area contributed by atoms with E-state index in [-0.39, 0.29) is 11.9 Å². The van der Waals surface area contributed by atoms with Crippen LogP contribution in [0.4, 0.5) is 0 Å². The lowest BCUT2D eigenvalue weighted by atomic mass is 10.1. The Balaban J connectivity index is 2.23. The largest absolute Gasteiger partial charge is 0.338 e. The van der Waals surface area contributed by atoms with Crippen molar-refractivity contribution in [1.82, 2.24) is 20.1 Å². The van der Waals surface area contributed by atoms with Crippen molar-refractivity contribution in [3.05, 3.63) is 35.7 Å². The quantitative estimate of drug-likeness (QED) is 0.922. The smallest absolute Gasteiger partial charge is 0.253 e. The van der Waals surface area contributed by atoms with Crippen molar-refractivity contribution >= 4 is 17.7 Å². The van der Waals surface area contributed by atoms with E-state index >= 15 is 0 Å². The van der Waals surface area contributed by atoms with Gasteiger partial charge in [0.05, 0.1) is 0 Å². The van der Waals surface area contributed by atoms with E-state index in [2.05, 4.69) is 22.1 Å². The van der Waals surface area contributed by atoms with E-state index < -0.39 is 0 Å². The monoisotopic (exact) mass is 304 g/mol.